The van der Waals surface area contributed by atoms with Crippen molar-refractivity contribution in [3.05, 3.63) is 0 Å². The molecule has 2 atom stereocenters. The molecule has 0 bridgehead atoms. The van der Waals surface area contributed by atoms with Gasteiger partial charge in [-0.25, -0.2) is 4.79 Å². The van der Waals surface area contributed by atoms with Crippen molar-refractivity contribution in [2.24, 2.45) is 0 Å². The minimum Gasteiger partial charge on any atom is -0.338 e. The summed E-state index contributed by atoms with van der Waals surface area (Å²) >= 11 is 0. The highest BCUT2D eigenvalue weighted by molar-refractivity contribution is 5.74. The minimum atomic E-state index is 0.0343. The first-order valence-corrected chi connectivity index (χ1v) is 9.92. The van der Waals surface area contributed by atoms with Crippen molar-refractivity contribution in [2.75, 3.05) is 59.4 Å². The lowest BCUT2D eigenvalue weighted by molar-refractivity contribution is 0.152. The first kappa shape index (κ1) is 18.0. The van der Waals surface area contributed by atoms with E-state index in [1.807, 2.05) is 0 Å². The third-order valence-electron chi connectivity index (χ3n) is 5.96. The maximum atomic E-state index is 12.1. The smallest absolute Gasteiger partial charge is 0.315 e. The number of likely N-dealkylation sites (N-methyl/N-ethyl adjacent to an activating group) is 1. The molecule has 3 aliphatic heterocycles. The van der Waals surface area contributed by atoms with E-state index in [0.717, 1.165) is 32.5 Å². The van der Waals surface area contributed by atoms with Gasteiger partial charge in [0, 0.05) is 51.4 Å². The highest BCUT2D eigenvalue weighted by Gasteiger charge is 2.36. The van der Waals surface area contributed by atoms with Crippen molar-refractivity contribution in [3.8, 4) is 0 Å². The van der Waals surface area contributed by atoms with E-state index in [9.17, 15) is 4.79 Å². The molecule has 0 radical (unpaired) electrons. The van der Waals surface area contributed by atoms with Crippen molar-refractivity contribution >= 4 is 6.03 Å². The Labute approximate surface area is 146 Å². The summed E-state index contributed by atoms with van der Waals surface area (Å²) in [6.45, 7) is 9.06. The quantitative estimate of drug-likeness (QED) is 0.709. The van der Waals surface area contributed by atoms with Gasteiger partial charge in [0.05, 0.1) is 0 Å². The molecule has 138 valence electrons. The first-order chi connectivity index (χ1) is 11.7. The summed E-state index contributed by atoms with van der Waals surface area (Å²) in [6, 6.07) is 0.976. The lowest BCUT2D eigenvalue weighted by Gasteiger charge is -2.32. The topological polar surface area (TPSA) is 50.9 Å². The van der Waals surface area contributed by atoms with E-state index >= 15 is 0 Å². The molecule has 0 saturated carbocycles. The van der Waals surface area contributed by atoms with Crippen LogP contribution in [0.15, 0.2) is 0 Å². The van der Waals surface area contributed by atoms with Crippen molar-refractivity contribution < 1.29 is 4.79 Å². The van der Waals surface area contributed by atoms with Crippen molar-refractivity contribution in [3.63, 3.8) is 0 Å². The fraction of sp³-hybridized carbons (Fsp3) is 0.944. The Hall–Kier alpha value is -0.850. The van der Waals surface area contributed by atoms with Gasteiger partial charge < -0.3 is 20.4 Å². The lowest BCUT2D eigenvalue weighted by atomic mass is 9.99. The summed E-state index contributed by atoms with van der Waals surface area (Å²) in [7, 11) is 2.19. The van der Waals surface area contributed by atoms with Crippen LogP contribution in [0.1, 0.15) is 38.5 Å². The van der Waals surface area contributed by atoms with E-state index < -0.39 is 0 Å². The molecule has 0 aliphatic carbocycles. The molecule has 3 fully saturated rings. The number of piperazine rings is 1. The van der Waals surface area contributed by atoms with E-state index in [1.54, 1.807) is 0 Å². The number of fused-ring (bicyclic) bond motifs is 1. The number of rotatable bonds is 6. The van der Waals surface area contributed by atoms with E-state index in [-0.39, 0.29) is 6.03 Å². The standard InChI is InChI=1S/C18H35N5O/c1-21-12-14-22(15-13-21)9-5-3-8-19-18(24)20-16-7-11-23-10-4-2-6-17(16)23/h16-17H,2-15H2,1H3,(H2,19,20,24). The average Bonchev–Trinajstić information content (AvgIpc) is 2.99. The van der Waals surface area contributed by atoms with Gasteiger partial charge in [0.2, 0.25) is 0 Å². The van der Waals surface area contributed by atoms with Gasteiger partial charge in [0.25, 0.3) is 0 Å². The largest absolute Gasteiger partial charge is 0.338 e. The Balaban J connectivity index is 1.24. The SMILES string of the molecule is CN1CCN(CCCCNC(=O)NC2CCN3CCCCC23)CC1. The van der Waals surface area contributed by atoms with Crippen molar-refractivity contribution in [1.82, 2.24) is 25.3 Å². The number of urea groups is 1. The lowest BCUT2D eigenvalue weighted by Crippen LogP contribution is -2.49. The van der Waals surface area contributed by atoms with Gasteiger partial charge in [-0.1, -0.05) is 6.42 Å². The minimum absolute atomic E-state index is 0.0343. The predicted molar refractivity (Wildman–Crippen MR) is 97.3 cm³/mol. The van der Waals surface area contributed by atoms with Crippen LogP contribution in [0.4, 0.5) is 4.79 Å². The Morgan fingerprint density at radius 3 is 2.67 bits per heavy atom. The second-order valence-corrected chi connectivity index (χ2v) is 7.75. The molecule has 6 nitrogen and oxygen atoms in total. The number of unbranched alkanes of at least 4 members (excludes halogenated alkanes) is 1. The van der Waals surface area contributed by atoms with Crippen LogP contribution in [0.2, 0.25) is 0 Å². The van der Waals surface area contributed by atoms with E-state index in [0.29, 0.717) is 12.1 Å². The predicted octanol–water partition coefficient (Wildman–Crippen LogP) is 0.940. The molecule has 3 aliphatic rings. The summed E-state index contributed by atoms with van der Waals surface area (Å²) in [5.74, 6) is 0. The molecule has 0 spiro atoms. The van der Waals surface area contributed by atoms with Crippen molar-refractivity contribution in [1.29, 1.82) is 0 Å². The summed E-state index contributed by atoms with van der Waals surface area (Å²) in [5.41, 5.74) is 0. The summed E-state index contributed by atoms with van der Waals surface area (Å²) < 4.78 is 0. The second-order valence-electron chi connectivity index (χ2n) is 7.75. The molecule has 0 aromatic rings. The molecule has 6 heteroatoms. The fourth-order valence-electron chi connectivity index (χ4n) is 4.37. The van der Waals surface area contributed by atoms with Crippen molar-refractivity contribution in [2.45, 2.75) is 50.6 Å². The fourth-order valence-corrected chi connectivity index (χ4v) is 4.37. The number of nitrogens with zero attached hydrogens (tertiary/aromatic N) is 3. The van der Waals surface area contributed by atoms with Gasteiger partial charge in [-0.3, -0.25) is 4.90 Å². The van der Waals surface area contributed by atoms with Crippen LogP contribution < -0.4 is 10.6 Å². The molecule has 2 amide bonds. The molecule has 3 heterocycles. The zero-order chi connectivity index (χ0) is 16.8. The van der Waals surface area contributed by atoms with Crippen LogP contribution in [0, 0.1) is 0 Å². The van der Waals surface area contributed by atoms with Gasteiger partial charge in [-0.2, -0.15) is 0 Å². The van der Waals surface area contributed by atoms with Crippen LogP contribution in [-0.4, -0.2) is 92.2 Å². The number of nitrogens with one attached hydrogen (secondary N) is 2. The van der Waals surface area contributed by atoms with Gasteiger partial charge in [0.1, 0.15) is 0 Å². The number of hydrogen-bond donors (Lipinski definition) is 2. The van der Waals surface area contributed by atoms with Crippen LogP contribution in [0.3, 0.4) is 0 Å². The Bertz CT molecular complexity index is 397. The maximum absolute atomic E-state index is 12.1. The van der Waals surface area contributed by atoms with Gasteiger partial charge >= 0.3 is 6.03 Å². The summed E-state index contributed by atoms with van der Waals surface area (Å²) in [5, 5.41) is 6.27. The van der Waals surface area contributed by atoms with E-state index in [2.05, 4.69) is 32.4 Å². The Morgan fingerprint density at radius 2 is 1.83 bits per heavy atom. The van der Waals surface area contributed by atoms with Gasteiger partial charge in [-0.15, -0.1) is 0 Å². The second kappa shape index (κ2) is 9.02. The average molecular weight is 338 g/mol. The molecular formula is C18H35N5O. The monoisotopic (exact) mass is 337 g/mol. The number of carbonyl (C=O) groups is 1. The molecule has 3 saturated heterocycles. The van der Waals surface area contributed by atoms with Crippen LogP contribution in [0.25, 0.3) is 0 Å². The van der Waals surface area contributed by atoms with E-state index in [4.69, 9.17) is 0 Å². The highest BCUT2D eigenvalue weighted by atomic mass is 16.2. The molecule has 24 heavy (non-hydrogen) atoms. The Kier molecular flexibility index (Phi) is 6.75. The number of amides is 2. The molecular weight excluding hydrogens is 302 g/mol. The van der Waals surface area contributed by atoms with Crippen LogP contribution >= 0.6 is 0 Å². The van der Waals surface area contributed by atoms with Gasteiger partial charge in [0.15, 0.2) is 0 Å². The zero-order valence-electron chi connectivity index (χ0n) is 15.3. The third-order valence-corrected chi connectivity index (χ3v) is 5.96. The molecule has 2 N–H and O–H groups in total. The summed E-state index contributed by atoms with van der Waals surface area (Å²) in [6.07, 6.45) is 7.23. The molecule has 3 rings (SSSR count). The highest BCUT2D eigenvalue weighted by Crippen LogP contribution is 2.26. The molecule has 2 unspecified atom stereocenters. The Morgan fingerprint density at radius 1 is 1.00 bits per heavy atom. The van der Waals surface area contributed by atoms with E-state index in [1.165, 1.54) is 58.4 Å². The number of hydrogen-bond acceptors (Lipinski definition) is 4. The normalized spacial score (nSPS) is 29.4. The van der Waals surface area contributed by atoms with Gasteiger partial charge in [-0.05, 0) is 52.2 Å². The number of piperidine rings is 1. The molecule has 0 aromatic carbocycles. The summed E-state index contributed by atoms with van der Waals surface area (Å²) in [4.78, 5) is 19.6. The van der Waals surface area contributed by atoms with Crippen LogP contribution in [-0.2, 0) is 0 Å². The first-order valence-electron chi connectivity index (χ1n) is 9.92. The zero-order valence-corrected chi connectivity index (χ0v) is 15.3. The third kappa shape index (κ3) is 5.07. The van der Waals surface area contributed by atoms with Crippen LogP contribution in [0.5, 0.6) is 0 Å². The molecule has 0 aromatic heterocycles. The maximum Gasteiger partial charge on any atom is 0.315 e. The number of carbonyl (C=O) groups excluding carboxylic acids is 1.